The summed E-state index contributed by atoms with van der Waals surface area (Å²) < 4.78 is 37.7. The van der Waals surface area contributed by atoms with Crippen LogP contribution in [0.25, 0.3) is 0 Å². The van der Waals surface area contributed by atoms with Gasteiger partial charge in [-0.3, -0.25) is 0 Å². The Labute approximate surface area is 90.1 Å². The molecule has 1 heterocycles. The zero-order chi connectivity index (χ0) is 11.8. The smallest absolute Gasteiger partial charge is 0.390 e. The quantitative estimate of drug-likeness (QED) is 0.865. The minimum Gasteiger partial charge on any atom is -0.390 e. The molecule has 2 rings (SSSR count). The number of alkyl halides is 3. The highest BCUT2D eigenvalue weighted by Crippen LogP contribution is 2.38. The van der Waals surface area contributed by atoms with E-state index in [2.05, 4.69) is 10.3 Å². The summed E-state index contributed by atoms with van der Waals surface area (Å²) in [7, 11) is 0. The lowest BCUT2D eigenvalue weighted by Crippen LogP contribution is -2.24. The molecule has 1 N–H and O–H groups in total. The molecule has 4 nitrogen and oxygen atoms in total. The molecule has 1 saturated carbocycles. The number of hydrogen-bond donors (Lipinski definition) is 1. The molecule has 0 unspecified atom stereocenters. The fraction of sp³-hybridized carbons (Fsp3) is 0.778. The van der Waals surface area contributed by atoms with E-state index in [1.807, 2.05) is 0 Å². The van der Waals surface area contributed by atoms with E-state index in [1.165, 1.54) is 0 Å². The van der Waals surface area contributed by atoms with Crippen LogP contribution in [0.1, 0.15) is 36.6 Å². The van der Waals surface area contributed by atoms with Gasteiger partial charge >= 0.3 is 6.18 Å². The van der Waals surface area contributed by atoms with Gasteiger partial charge in [-0.1, -0.05) is 11.6 Å². The van der Waals surface area contributed by atoms with Crippen LogP contribution in [-0.2, 0) is 13.2 Å². The van der Waals surface area contributed by atoms with Gasteiger partial charge in [0.1, 0.15) is 12.2 Å². The predicted molar refractivity (Wildman–Crippen MR) is 48.6 cm³/mol. The maximum Gasteiger partial charge on any atom is 0.408 e. The highest BCUT2D eigenvalue weighted by atomic mass is 19.4. The molecule has 0 aliphatic heterocycles. The largest absolute Gasteiger partial charge is 0.408 e. The van der Waals surface area contributed by atoms with Gasteiger partial charge in [0.05, 0.1) is 12.3 Å². The zero-order valence-corrected chi connectivity index (χ0v) is 8.54. The molecule has 0 aromatic carbocycles. The van der Waals surface area contributed by atoms with Crippen molar-refractivity contribution in [3.63, 3.8) is 0 Å². The Morgan fingerprint density at radius 3 is 2.50 bits per heavy atom. The van der Waals surface area contributed by atoms with Crippen molar-refractivity contribution in [2.45, 2.75) is 44.5 Å². The Hall–Kier alpha value is -1.11. The minimum atomic E-state index is -4.31. The van der Waals surface area contributed by atoms with E-state index in [0.29, 0.717) is 5.69 Å². The second-order valence-corrected chi connectivity index (χ2v) is 3.98. The van der Waals surface area contributed by atoms with E-state index in [4.69, 9.17) is 5.11 Å². The molecule has 0 saturated heterocycles. The number of aromatic nitrogens is 3. The van der Waals surface area contributed by atoms with E-state index >= 15 is 0 Å². The van der Waals surface area contributed by atoms with Crippen LogP contribution in [0.5, 0.6) is 0 Å². The monoisotopic (exact) mass is 235 g/mol. The van der Waals surface area contributed by atoms with Crippen LogP contribution in [0, 0.1) is 0 Å². The first-order valence-corrected chi connectivity index (χ1v) is 5.11. The van der Waals surface area contributed by atoms with Crippen molar-refractivity contribution in [1.82, 2.24) is 15.0 Å². The third-order valence-electron chi connectivity index (χ3n) is 2.82. The van der Waals surface area contributed by atoms with Gasteiger partial charge in [0, 0.05) is 5.92 Å². The number of aliphatic hydroxyl groups is 1. The van der Waals surface area contributed by atoms with Crippen molar-refractivity contribution in [1.29, 1.82) is 0 Å². The molecule has 0 bridgehead atoms. The zero-order valence-electron chi connectivity index (χ0n) is 8.54. The lowest BCUT2D eigenvalue weighted by atomic mass is 9.82. The molecular weight excluding hydrogens is 223 g/mol. The van der Waals surface area contributed by atoms with Crippen molar-refractivity contribution < 1.29 is 18.3 Å². The molecule has 1 aliphatic carbocycles. The van der Waals surface area contributed by atoms with Gasteiger partial charge in [-0.25, -0.2) is 4.68 Å². The molecule has 16 heavy (non-hydrogen) atoms. The predicted octanol–water partition coefficient (Wildman–Crippen LogP) is 1.60. The second-order valence-electron chi connectivity index (χ2n) is 3.98. The van der Waals surface area contributed by atoms with Crippen LogP contribution in [0.15, 0.2) is 0 Å². The minimum absolute atomic E-state index is 0.0690. The fourth-order valence-corrected chi connectivity index (χ4v) is 1.88. The van der Waals surface area contributed by atoms with Gasteiger partial charge in [0.25, 0.3) is 0 Å². The molecule has 0 spiro atoms. The summed E-state index contributed by atoms with van der Waals surface area (Å²) in [6, 6.07) is 0. The van der Waals surface area contributed by atoms with E-state index in [0.717, 1.165) is 23.9 Å². The molecule has 90 valence electrons. The Bertz CT molecular complexity index is 371. The molecule has 7 heteroatoms. The van der Waals surface area contributed by atoms with Gasteiger partial charge in [-0.05, 0) is 12.8 Å². The second kappa shape index (κ2) is 4.04. The highest BCUT2D eigenvalue weighted by molar-refractivity contribution is 5.17. The Kier molecular flexibility index (Phi) is 2.88. The van der Waals surface area contributed by atoms with Gasteiger partial charge in [-0.15, -0.1) is 5.10 Å². The number of nitrogens with zero attached hydrogens (tertiary/aromatic N) is 3. The normalized spacial score (nSPS) is 17.5. The topological polar surface area (TPSA) is 50.9 Å². The summed E-state index contributed by atoms with van der Waals surface area (Å²) in [6.07, 6.45) is -1.61. The number of halogens is 3. The number of rotatable bonds is 3. The number of aliphatic hydroxyl groups excluding tert-OH is 1. The van der Waals surface area contributed by atoms with E-state index < -0.39 is 12.7 Å². The lowest BCUT2D eigenvalue weighted by molar-refractivity contribution is -0.143. The number of hydrogen-bond acceptors (Lipinski definition) is 3. The first-order chi connectivity index (χ1) is 7.51. The van der Waals surface area contributed by atoms with Crippen molar-refractivity contribution in [3.05, 3.63) is 11.4 Å². The van der Waals surface area contributed by atoms with Crippen molar-refractivity contribution >= 4 is 0 Å². The first-order valence-electron chi connectivity index (χ1n) is 5.11. The molecule has 0 atom stereocenters. The molecule has 1 aromatic rings. The average molecular weight is 235 g/mol. The standard InChI is InChI=1S/C9H12F3N3O/c10-9(11,12)5-15-8(6-2-1-3-6)7(4-16)13-14-15/h6,16H,1-5H2. The molecule has 1 aliphatic rings. The lowest BCUT2D eigenvalue weighted by Gasteiger charge is -2.26. The Balaban J connectivity index is 2.26. The summed E-state index contributed by atoms with van der Waals surface area (Å²) in [5.74, 6) is 0.0690. The van der Waals surface area contributed by atoms with E-state index in [9.17, 15) is 13.2 Å². The molecule has 0 radical (unpaired) electrons. The SMILES string of the molecule is OCc1nnn(CC(F)(F)F)c1C1CCC1. The first kappa shape index (κ1) is 11.4. The van der Waals surface area contributed by atoms with Crippen LogP contribution in [-0.4, -0.2) is 26.3 Å². The van der Waals surface area contributed by atoms with Crippen LogP contribution in [0.4, 0.5) is 13.2 Å². The maximum atomic E-state index is 12.3. The maximum absolute atomic E-state index is 12.3. The fourth-order valence-electron chi connectivity index (χ4n) is 1.88. The van der Waals surface area contributed by atoms with Gasteiger partial charge < -0.3 is 5.11 Å². The highest BCUT2D eigenvalue weighted by Gasteiger charge is 2.34. The van der Waals surface area contributed by atoms with Crippen molar-refractivity contribution in [3.8, 4) is 0 Å². The van der Waals surface area contributed by atoms with Gasteiger partial charge in [0.2, 0.25) is 0 Å². The van der Waals surface area contributed by atoms with E-state index in [-0.39, 0.29) is 18.2 Å². The van der Waals surface area contributed by atoms with Gasteiger partial charge in [0.15, 0.2) is 0 Å². The molecule has 0 amide bonds. The third-order valence-corrected chi connectivity index (χ3v) is 2.82. The van der Waals surface area contributed by atoms with Gasteiger partial charge in [-0.2, -0.15) is 13.2 Å². The Morgan fingerprint density at radius 2 is 2.06 bits per heavy atom. The Morgan fingerprint density at radius 1 is 1.38 bits per heavy atom. The molecule has 1 fully saturated rings. The molecular formula is C9H12F3N3O. The van der Waals surface area contributed by atoms with Crippen LogP contribution in [0.2, 0.25) is 0 Å². The van der Waals surface area contributed by atoms with Crippen LogP contribution >= 0.6 is 0 Å². The summed E-state index contributed by atoms with van der Waals surface area (Å²) in [5.41, 5.74) is 0.722. The summed E-state index contributed by atoms with van der Waals surface area (Å²) in [5, 5.41) is 16.0. The third kappa shape index (κ3) is 2.18. The summed E-state index contributed by atoms with van der Waals surface area (Å²) >= 11 is 0. The van der Waals surface area contributed by atoms with Crippen LogP contribution < -0.4 is 0 Å². The van der Waals surface area contributed by atoms with Crippen molar-refractivity contribution in [2.75, 3.05) is 0 Å². The van der Waals surface area contributed by atoms with E-state index in [1.54, 1.807) is 0 Å². The summed E-state index contributed by atoms with van der Waals surface area (Å²) in [6.45, 7) is -1.49. The summed E-state index contributed by atoms with van der Waals surface area (Å²) in [4.78, 5) is 0. The van der Waals surface area contributed by atoms with Crippen LogP contribution in [0.3, 0.4) is 0 Å². The molecule has 1 aromatic heterocycles. The average Bonchev–Trinajstić information content (AvgIpc) is 2.43. The van der Waals surface area contributed by atoms with Crippen molar-refractivity contribution in [2.24, 2.45) is 0 Å².